The first-order valence-electron chi connectivity index (χ1n) is 8.53. The van der Waals surface area contributed by atoms with E-state index in [9.17, 15) is 24.9 Å². The molecule has 144 valence electrons. The number of amides is 2. The van der Waals surface area contributed by atoms with Crippen molar-refractivity contribution in [2.24, 2.45) is 0 Å². The van der Waals surface area contributed by atoms with Crippen LogP contribution in [0.2, 0.25) is 0 Å². The highest BCUT2D eigenvalue weighted by Gasteiger charge is 2.45. The highest BCUT2D eigenvalue weighted by molar-refractivity contribution is 5.88. The number of nitrogens with one attached hydrogen (secondary N) is 3. The molecule has 1 aliphatic rings. The van der Waals surface area contributed by atoms with Gasteiger partial charge in [-0.05, 0) is 12.1 Å². The van der Waals surface area contributed by atoms with Gasteiger partial charge in [-0.25, -0.2) is 4.79 Å². The maximum atomic E-state index is 11.9. The number of hydrogen-bond acceptors (Lipinski definition) is 7. The van der Waals surface area contributed by atoms with Crippen molar-refractivity contribution in [1.29, 1.82) is 0 Å². The molecule has 1 aromatic carbocycles. The Hall–Kier alpha value is -2.40. The van der Waals surface area contributed by atoms with E-state index in [4.69, 9.17) is 11.2 Å². The molecule has 0 aliphatic carbocycles. The predicted molar refractivity (Wildman–Crippen MR) is 91.7 cm³/mol. The summed E-state index contributed by atoms with van der Waals surface area (Å²) in [4.78, 5) is 22.8. The number of hydrogen-bond donors (Lipinski definition) is 7. The largest absolute Gasteiger partial charge is 0.465 e. The SMILES string of the molecule is [2H]C(C)C(=O)N[C@H]1C(Nc2ccccc2NC(=O)O)O[C@H](CO)[C@@H](O)[C@@H]1O. The summed E-state index contributed by atoms with van der Waals surface area (Å²) in [7, 11) is 0. The molecule has 0 radical (unpaired) electrons. The quantitative estimate of drug-likeness (QED) is 0.353. The first kappa shape index (κ1) is 18.4. The van der Waals surface area contributed by atoms with Crippen LogP contribution in [0, 0.1) is 0 Å². The van der Waals surface area contributed by atoms with Gasteiger partial charge in [-0.1, -0.05) is 19.1 Å². The Kier molecular flexibility index (Phi) is 6.23. The van der Waals surface area contributed by atoms with Gasteiger partial charge in [-0.15, -0.1) is 0 Å². The molecule has 0 spiro atoms. The molecular weight excluding hydrogens is 346 g/mol. The number of para-hydroxylation sites is 2. The molecule has 10 nitrogen and oxygen atoms in total. The van der Waals surface area contributed by atoms with E-state index in [2.05, 4.69) is 16.0 Å². The Balaban J connectivity index is 2.29. The summed E-state index contributed by atoms with van der Waals surface area (Å²) in [6.45, 7) is 0.758. The molecule has 0 bridgehead atoms. The minimum atomic E-state index is -1.49. The molecule has 2 amide bonds. The number of rotatable bonds is 6. The van der Waals surface area contributed by atoms with Gasteiger partial charge in [-0.2, -0.15) is 0 Å². The van der Waals surface area contributed by atoms with Gasteiger partial charge in [0.05, 0.1) is 18.0 Å². The maximum absolute atomic E-state index is 11.9. The summed E-state index contributed by atoms with van der Waals surface area (Å²) < 4.78 is 13.0. The molecule has 1 fully saturated rings. The van der Waals surface area contributed by atoms with Gasteiger partial charge in [-0.3, -0.25) is 10.1 Å². The molecule has 10 heteroatoms. The number of carbonyl (C=O) groups excluding carboxylic acids is 1. The summed E-state index contributed by atoms with van der Waals surface area (Å²) in [5, 5.41) is 46.2. The number of aliphatic hydroxyl groups excluding tert-OH is 3. The Bertz CT molecular complexity index is 675. The third kappa shape index (κ3) is 4.61. The minimum Gasteiger partial charge on any atom is -0.465 e. The lowest BCUT2D eigenvalue weighted by Crippen LogP contribution is -2.66. The van der Waals surface area contributed by atoms with Gasteiger partial charge in [0, 0.05) is 7.77 Å². The molecule has 0 saturated carbocycles. The first-order chi connectivity index (χ1) is 12.7. The first-order valence-corrected chi connectivity index (χ1v) is 7.95. The summed E-state index contributed by atoms with van der Waals surface area (Å²) >= 11 is 0. The zero-order valence-electron chi connectivity index (χ0n) is 15.0. The summed E-state index contributed by atoms with van der Waals surface area (Å²) in [6.07, 6.45) is -7.60. The molecule has 26 heavy (non-hydrogen) atoms. The van der Waals surface area contributed by atoms with E-state index >= 15 is 0 Å². The van der Waals surface area contributed by atoms with Gasteiger partial charge in [0.2, 0.25) is 5.91 Å². The van der Waals surface area contributed by atoms with Crippen LogP contribution >= 0.6 is 0 Å². The van der Waals surface area contributed by atoms with Gasteiger partial charge < -0.3 is 35.8 Å². The maximum Gasteiger partial charge on any atom is 0.409 e. The Morgan fingerprint density at radius 2 is 1.88 bits per heavy atom. The van der Waals surface area contributed by atoms with E-state index in [1.54, 1.807) is 18.2 Å². The topological polar surface area (TPSA) is 160 Å². The Morgan fingerprint density at radius 1 is 1.23 bits per heavy atom. The van der Waals surface area contributed by atoms with Crippen LogP contribution in [0.4, 0.5) is 16.2 Å². The van der Waals surface area contributed by atoms with Crippen molar-refractivity contribution in [3.05, 3.63) is 24.3 Å². The van der Waals surface area contributed by atoms with E-state index in [1.165, 1.54) is 13.0 Å². The van der Waals surface area contributed by atoms with Crippen molar-refractivity contribution >= 4 is 23.4 Å². The van der Waals surface area contributed by atoms with Crippen molar-refractivity contribution in [2.45, 2.75) is 43.9 Å². The van der Waals surface area contributed by atoms with Crippen molar-refractivity contribution in [1.82, 2.24) is 5.32 Å². The number of carbonyl (C=O) groups is 2. The molecule has 6 atom stereocenters. The molecule has 7 N–H and O–H groups in total. The lowest BCUT2D eigenvalue weighted by molar-refractivity contribution is -0.188. The number of benzene rings is 1. The van der Waals surface area contributed by atoms with Gasteiger partial charge in [0.1, 0.15) is 24.4 Å². The van der Waals surface area contributed by atoms with Gasteiger partial charge in [0.25, 0.3) is 0 Å². The number of anilines is 2. The highest BCUT2D eigenvalue weighted by Crippen LogP contribution is 2.27. The molecule has 2 unspecified atom stereocenters. The van der Waals surface area contributed by atoms with Crippen LogP contribution in [0.15, 0.2) is 24.3 Å². The Morgan fingerprint density at radius 3 is 2.46 bits per heavy atom. The number of carboxylic acid groups (broad SMARTS) is 1. The minimum absolute atomic E-state index is 0.202. The summed E-state index contributed by atoms with van der Waals surface area (Å²) in [6, 6.07) is 5.13. The van der Waals surface area contributed by atoms with Crippen molar-refractivity contribution in [3.63, 3.8) is 0 Å². The zero-order chi connectivity index (χ0) is 20.1. The van der Waals surface area contributed by atoms with Crippen LogP contribution in [-0.4, -0.2) is 69.6 Å². The summed E-state index contributed by atoms with van der Waals surface area (Å²) in [5.74, 6) is -0.693. The van der Waals surface area contributed by atoms with Gasteiger partial charge in [0.15, 0.2) is 6.23 Å². The fourth-order valence-corrected chi connectivity index (χ4v) is 2.63. The third-order valence-electron chi connectivity index (χ3n) is 3.96. The highest BCUT2D eigenvalue weighted by atomic mass is 16.5. The molecule has 0 aromatic heterocycles. The average Bonchev–Trinajstić information content (AvgIpc) is 2.61. The van der Waals surface area contributed by atoms with E-state index in [0.29, 0.717) is 5.69 Å². The fraction of sp³-hybridized carbons (Fsp3) is 0.500. The Labute approximate surface area is 151 Å². The van der Waals surface area contributed by atoms with E-state index in [0.717, 1.165) is 0 Å². The van der Waals surface area contributed by atoms with Crippen LogP contribution in [0.25, 0.3) is 0 Å². The van der Waals surface area contributed by atoms with Gasteiger partial charge >= 0.3 is 6.09 Å². The fourth-order valence-electron chi connectivity index (χ4n) is 2.63. The van der Waals surface area contributed by atoms with Crippen molar-refractivity contribution < 1.29 is 36.1 Å². The zero-order valence-corrected chi connectivity index (χ0v) is 14.0. The van der Waals surface area contributed by atoms with Crippen molar-refractivity contribution in [3.8, 4) is 0 Å². The van der Waals surface area contributed by atoms with E-state index < -0.39 is 55.6 Å². The molecule has 1 aliphatic heterocycles. The smallest absolute Gasteiger partial charge is 0.409 e. The lowest BCUT2D eigenvalue weighted by atomic mass is 9.95. The van der Waals surface area contributed by atoms with Crippen LogP contribution in [-0.2, 0) is 9.53 Å². The second-order valence-corrected chi connectivity index (χ2v) is 5.70. The second kappa shape index (κ2) is 8.81. The standard InChI is InChI=1S/C16H23N3O7/c1-2-11(21)19-12-14(23)13(22)10(7-20)26-15(12)17-8-5-3-4-6-9(8)18-16(24)25/h3-6,10,12-15,17-18,20,22-23H,2,7H2,1H3,(H,19,21)(H,24,25)/t10-,12-,13-,14-,15?/m1/s1/i2D/t2?,10-,12-,13-,14-,15?. The molecule has 1 aromatic rings. The third-order valence-corrected chi connectivity index (χ3v) is 3.96. The number of ether oxygens (including phenoxy) is 1. The second-order valence-electron chi connectivity index (χ2n) is 5.70. The molecular formula is C16H23N3O7. The normalized spacial score (nSPS) is 30.0. The molecule has 1 heterocycles. The predicted octanol–water partition coefficient (Wildman–Crippen LogP) is -0.478. The average molecular weight is 370 g/mol. The van der Waals surface area contributed by atoms with Crippen LogP contribution in [0.1, 0.15) is 14.7 Å². The number of aliphatic hydroxyl groups is 3. The lowest BCUT2D eigenvalue weighted by Gasteiger charge is -2.43. The van der Waals surface area contributed by atoms with Crippen LogP contribution < -0.4 is 16.0 Å². The van der Waals surface area contributed by atoms with Crippen molar-refractivity contribution in [2.75, 3.05) is 17.2 Å². The van der Waals surface area contributed by atoms with E-state index in [-0.39, 0.29) is 5.69 Å². The molecule has 1 saturated heterocycles. The van der Waals surface area contributed by atoms with E-state index in [1.807, 2.05) is 0 Å². The van der Waals surface area contributed by atoms with Crippen LogP contribution in [0.5, 0.6) is 0 Å². The van der Waals surface area contributed by atoms with Crippen LogP contribution in [0.3, 0.4) is 0 Å². The summed E-state index contributed by atoms with van der Waals surface area (Å²) in [5.41, 5.74) is 0.497. The molecule has 2 rings (SSSR count). The monoisotopic (exact) mass is 370 g/mol.